The van der Waals surface area contributed by atoms with Crippen LogP contribution in [0.15, 0.2) is 34.8 Å². The molecule has 0 aliphatic carbocycles. The Hall–Kier alpha value is -3.69. The Morgan fingerprint density at radius 2 is 1.88 bits per heavy atom. The van der Waals surface area contributed by atoms with Crippen LogP contribution in [0.4, 0.5) is 10.8 Å². The minimum Gasteiger partial charge on any atom is -0.731 e. The molecule has 18 nitrogen and oxygen atoms in total. The van der Waals surface area contributed by atoms with Crippen molar-refractivity contribution in [2.45, 2.75) is 38.1 Å². The van der Waals surface area contributed by atoms with Crippen molar-refractivity contribution in [2.24, 2.45) is 5.16 Å². The largest absolute Gasteiger partial charge is 1.00 e. The number of nitrogens with two attached hydrogens (primary N) is 1. The van der Waals surface area contributed by atoms with Crippen LogP contribution in [-0.2, 0) is 50.4 Å². The van der Waals surface area contributed by atoms with E-state index in [4.69, 9.17) is 15.3 Å². The number of nitrogen functional groups attached to an aromatic ring is 1. The van der Waals surface area contributed by atoms with Crippen LogP contribution in [0.2, 0.25) is 0 Å². The molecule has 1 aliphatic heterocycles. The van der Waals surface area contributed by atoms with Crippen molar-refractivity contribution in [1.29, 1.82) is 0 Å². The maximum Gasteiger partial charge on any atom is 1.00 e. The van der Waals surface area contributed by atoms with Crippen molar-refractivity contribution in [3.8, 4) is 0 Å². The van der Waals surface area contributed by atoms with Crippen LogP contribution in [0.25, 0.3) is 0 Å². The van der Waals surface area contributed by atoms with Gasteiger partial charge in [-0.25, -0.2) is 27.3 Å². The van der Waals surface area contributed by atoms with E-state index in [2.05, 4.69) is 20.2 Å². The van der Waals surface area contributed by atoms with Crippen molar-refractivity contribution in [3.63, 3.8) is 0 Å². The van der Waals surface area contributed by atoms with Crippen molar-refractivity contribution in [3.05, 3.63) is 51.0 Å². The fraction of sp³-hybridized carbons (Fsp3) is 0.333. The number of non-ortho nitro benzene ring substituents is 1. The van der Waals surface area contributed by atoms with E-state index in [1.54, 1.807) is 0 Å². The Balaban J connectivity index is 0.00000616. The molecule has 42 heavy (non-hydrogen) atoms. The first-order chi connectivity index (χ1) is 19.1. The van der Waals surface area contributed by atoms with Crippen molar-refractivity contribution < 1.29 is 80.9 Å². The summed E-state index contributed by atoms with van der Waals surface area (Å²) in [6.07, 6.45) is 0. The van der Waals surface area contributed by atoms with Crippen molar-refractivity contribution >= 4 is 61.9 Å². The molecule has 0 unspecified atom stereocenters. The maximum atomic E-state index is 13.1. The van der Waals surface area contributed by atoms with Gasteiger partial charge in [0.1, 0.15) is 18.3 Å². The number of nitrogens with one attached hydrogen (secondary N) is 1. The third kappa shape index (κ3) is 7.77. The predicted molar refractivity (Wildman–Crippen MR) is 135 cm³/mol. The molecule has 2 atom stereocenters. The number of esters is 2. The number of hydrogen-bond acceptors (Lipinski definition) is 16. The monoisotopic (exact) mass is 636 g/mol. The Kier molecular flexibility index (Phi) is 11.1. The van der Waals surface area contributed by atoms with E-state index in [1.165, 1.54) is 43.5 Å². The maximum absolute atomic E-state index is 13.1. The number of carbonyl (C=O) groups is 4. The number of ether oxygens (including phenoxy) is 2. The van der Waals surface area contributed by atoms with E-state index in [1.807, 2.05) is 0 Å². The number of anilines is 1. The number of nitro benzene ring substituents is 1. The number of benzene rings is 1. The van der Waals surface area contributed by atoms with Gasteiger partial charge in [-0.15, -0.1) is 11.3 Å². The number of oxime groups is 1. The Morgan fingerprint density at radius 3 is 2.38 bits per heavy atom. The van der Waals surface area contributed by atoms with Gasteiger partial charge in [0.2, 0.25) is 5.60 Å². The van der Waals surface area contributed by atoms with Crippen LogP contribution in [0.3, 0.4) is 0 Å². The topological polar surface area (TPSA) is 263 Å². The third-order valence-electron chi connectivity index (χ3n) is 5.38. The molecule has 0 radical (unpaired) electrons. The third-order valence-corrected chi connectivity index (χ3v) is 6.94. The summed E-state index contributed by atoms with van der Waals surface area (Å²) in [7, 11) is -4.53. The number of aromatic nitrogens is 1. The first-order valence-corrected chi connectivity index (χ1v) is 13.4. The molecule has 0 saturated carbocycles. The second kappa shape index (κ2) is 13.5. The second-order valence-electron chi connectivity index (χ2n) is 8.62. The van der Waals surface area contributed by atoms with E-state index in [0.717, 1.165) is 18.4 Å². The number of methoxy groups -OCH3 is 1. The molecule has 3 N–H and O–H groups in total. The number of nitrogens with zero attached hydrogens (tertiary/aromatic N) is 4. The minimum absolute atomic E-state index is 0. The van der Waals surface area contributed by atoms with Crippen LogP contribution in [0, 0.1) is 10.1 Å². The van der Waals surface area contributed by atoms with Crippen molar-refractivity contribution in [2.75, 3.05) is 12.8 Å². The molecule has 2 heterocycles. The van der Waals surface area contributed by atoms with Crippen LogP contribution >= 0.6 is 11.3 Å². The average Bonchev–Trinajstić information content (AvgIpc) is 3.33. The first kappa shape index (κ1) is 34.5. The van der Waals surface area contributed by atoms with Gasteiger partial charge in [-0.2, -0.15) is 0 Å². The smallest absolute Gasteiger partial charge is 0.731 e. The zero-order valence-electron chi connectivity index (χ0n) is 22.3. The van der Waals surface area contributed by atoms with Gasteiger partial charge in [0.15, 0.2) is 27.2 Å². The quantitative estimate of drug-likeness (QED) is 0.0456. The predicted octanol–water partition coefficient (Wildman–Crippen LogP) is -3.79. The molecule has 0 bridgehead atoms. The summed E-state index contributed by atoms with van der Waals surface area (Å²) in [5.41, 5.74) is 3.27. The van der Waals surface area contributed by atoms with Crippen molar-refractivity contribution in [1.82, 2.24) is 14.6 Å². The van der Waals surface area contributed by atoms with E-state index in [0.29, 0.717) is 5.56 Å². The number of rotatable bonds is 11. The van der Waals surface area contributed by atoms with Crippen LogP contribution in [0.5, 0.6) is 0 Å². The van der Waals surface area contributed by atoms with Gasteiger partial charge in [-0.1, -0.05) is 5.16 Å². The fourth-order valence-corrected chi connectivity index (χ4v) is 4.62. The zero-order valence-corrected chi connectivity index (χ0v) is 26.0. The molecule has 0 spiro atoms. The van der Waals surface area contributed by atoms with Gasteiger partial charge in [0.25, 0.3) is 17.5 Å². The SMILES string of the molecule is COC(=O)[C@@H]1[C@@H](NC(=O)/C(=N\OC(C)(C)C(=O)OCc2ccc([N+](=O)[O-])cc2)c2csc(N)n2)C(=O)N1S(=O)(=O)[O-].[Na+]. The van der Waals surface area contributed by atoms with Crippen LogP contribution in [-0.4, -0.2) is 81.4 Å². The van der Waals surface area contributed by atoms with Gasteiger partial charge < -0.3 is 29.9 Å². The summed E-state index contributed by atoms with van der Waals surface area (Å²) in [5.74, 6) is -4.86. The number of β-lactam (4-membered cyclic amide) rings is 1. The molecule has 1 fully saturated rings. The molecule has 1 saturated heterocycles. The summed E-state index contributed by atoms with van der Waals surface area (Å²) in [6, 6.07) is 1.42. The van der Waals surface area contributed by atoms with Gasteiger partial charge in [-0.3, -0.25) is 19.7 Å². The minimum atomic E-state index is -5.41. The zero-order chi connectivity index (χ0) is 30.7. The molecule has 2 aromatic rings. The Labute approximate surface area is 263 Å². The molecule has 3 rings (SSSR count). The number of thiazole rings is 1. The van der Waals surface area contributed by atoms with Gasteiger partial charge in [-0.05, 0) is 31.5 Å². The van der Waals surface area contributed by atoms with E-state index in [9.17, 15) is 42.3 Å². The Bertz CT molecular complexity index is 1530. The second-order valence-corrected chi connectivity index (χ2v) is 10.8. The van der Waals surface area contributed by atoms with Crippen LogP contribution < -0.4 is 40.6 Å². The summed E-state index contributed by atoms with van der Waals surface area (Å²) < 4.78 is 43.5. The Morgan fingerprint density at radius 1 is 1.26 bits per heavy atom. The van der Waals surface area contributed by atoms with Gasteiger partial charge in [0.05, 0.1) is 12.0 Å². The van der Waals surface area contributed by atoms with E-state index >= 15 is 0 Å². The number of amides is 2. The molecule has 21 heteroatoms. The number of hydrogen-bond donors (Lipinski definition) is 2. The van der Waals surface area contributed by atoms with E-state index < -0.39 is 62.4 Å². The molecule has 1 aliphatic rings. The molecule has 1 aromatic carbocycles. The fourth-order valence-electron chi connectivity index (χ4n) is 3.25. The van der Waals surface area contributed by atoms with Gasteiger partial charge >= 0.3 is 41.5 Å². The summed E-state index contributed by atoms with van der Waals surface area (Å²) in [6.45, 7) is 2.22. The number of nitro groups is 1. The summed E-state index contributed by atoms with van der Waals surface area (Å²) in [4.78, 5) is 69.4. The van der Waals surface area contributed by atoms with Crippen LogP contribution in [0.1, 0.15) is 25.1 Å². The molecular formula is C21H21N6NaO12S2. The first-order valence-electron chi connectivity index (χ1n) is 11.1. The molecule has 220 valence electrons. The van der Waals surface area contributed by atoms with E-state index in [-0.39, 0.29) is 57.0 Å². The summed E-state index contributed by atoms with van der Waals surface area (Å²) in [5, 5.41) is 17.8. The van der Waals surface area contributed by atoms with Gasteiger partial charge in [0, 0.05) is 17.5 Å². The summed E-state index contributed by atoms with van der Waals surface area (Å²) >= 11 is 0.897. The number of carbonyl (C=O) groups excluding carboxylic acids is 4. The average molecular weight is 637 g/mol. The molecular weight excluding hydrogens is 615 g/mol. The standard InChI is InChI=1S/C21H22N6O12S2.Na/c1-21(2,19(31)38-8-10-4-6-11(7-5-10)27(32)33)39-25-13(12-9-40-20(22)23-12)16(28)24-14-15(18(30)37-3)26(17(14)29)41(34,35)36;/h4-7,9,14-15H,8H2,1-3H3,(H2,22,23)(H,24,28)(H,34,35,36);/q;+1/p-1/b25-13-;/t14-,15+;/m1./s1. The molecule has 1 aromatic heterocycles. The normalized spacial score (nSPS) is 16.9. The molecule has 2 amide bonds.